The van der Waals surface area contributed by atoms with Gasteiger partial charge in [0, 0.05) is 43.5 Å². The summed E-state index contributed by atoms with van der Waals surface area (Å²) in [7, 11) is 2.05. The van der Waals surface area contributed by atoms with Gasteiger partial charge in [0.25, 0.3) is 5.91 Å². The van der Waals surface area contributed by atoms with E-state index in [1.807, 2.05) is 39.1 Å². The molecule has 0 saturated heterocycles. The third-order valence-electron chi connectivity index (χ3n) is 8.57. The van der Waals surface area contributed by atoms with Gasteiger partial charge in [-0.25, -0.2) is 4.79 Å². The molecule has 9 nitrogen and oxygen atoms in total. The number of nitrogens with zero attached hydrogens (tertiary/aromatic N) is 2. The topological polar surface area (TPSA) is 103 Å². The number of urea groups is 1. The number of hydrogen-bond donors (Lipinski definition) is 3. The van der Waals surface area contributed by atoms with Gasteiger partial charge in [0.2, 0.25) is 0 Å². The van der Waals surface area contributed by atoms with Crippen LogP contribution < -0.4 is 15.4 Å². The summed E-state index contributed by atoms with van der Waals surface area (Å²) in [6.45, 7) is 7.74. The SMILES string of the molecule is C[C@@H]1CCCCO[C@H](CN(C)Cc2ccccc2)[C@H](C)CN([C@@H](C)CO)C(=O)c2cc(NC(=O)Nc3ccc(C(F)(F)F)cc3)ccc2O1. The van der Waals surface area contributed by atoms with Crippen LogP contribution in [0.4, 0.5) is 29.3 Å². The van der Waals surface area contributed by atoms with Gasteiger partial charge in [-0.2, -0.15) is 13.2 Å². The van der Waals surface area contributed by atoms with E-state index in [9.17, 15) is 27.9 Å². The van der Waals surface area contributed by atoms with Crippen molar-refractivity contribution in [3.63, 3.8) is 0 Å². The van der Waals surface area contributed by atoms with E-state index < -0.39 is 23.8 Å². The monoisotopic (exact) mass is 684 g/mol. The maximum atomic E-state index is 14.3. The number of fused-ring (bicyclic) bond motifs is 1. The first-order valence-corrected chi connectivity index (χ1v) is 16.7. The summed E-state index contributed by atoms with van der Waals surface area (Å²) in [5, 5.41) is 15.4. The van der Waals surface area contributed by atoms with Gasteiger partial charge in [-0.05, 0) is 88.2 Å². The molecule has 0 unspecified atom stereocenters. The predicted molar refractivity (Wildman–Crippen MR) is 184 cm³/mol. The number of carbonyl (C=O) groups excluding carboxylic acids is 2. The minimum atomic E-state index is -4.49. The molecule has 0 aromatic heterocycles. The van der Waals surface area contributed by atoms with E-state index in [0.717, 1.165) is 50.1 Å². The van der Waals surface area contributed by atoms with E-state index in [0.29, 0.717) is 25.4 Å². The van der Waals surface area contributed by atoms with Crippen LogP contribution in [0.15, 0.2) is 72.8 Å². The number of aliphatic hydroxyl groups is 1. The Kier molecular flexibility index (Phi) is 13.5. The van der Waals surface area contributed by atoms with Crippen LogP contribution in [0, 0.1) is 5.92 Å². The van der Waals surface area contributed by atoms with E-state index in [2.05, 4.69) is 27.7 Å². The second-order valence-corrected chi connectivity index (χ2v) is 12.8. The Balaban J connectivity index is 1.57. The van der Waals surface area contributed by atoms with Crippen LogP contribution in [-0.2, 0) is 17.5 Å². The van der Waals surface area contributed by atoms with Crippen LogP contribution >= 0.6 is 0 Å². The summed E-state index contributed by atoms with van der Waals surface area (Å²) in [5.41, 5.74) is 1.02. The van der Waals surface area contributed by atoms with Crippen molar-refractivity contribution in [2.24, 2.45) is 5.92 Å². The molecule has 0 saturated carbocycles. The van der Waals surface area contributed by atoms with Gasteiger partial charge < -0.3 is 30.1 Å². The Hall–Kier alpha value is -4.13. The quantitative estimate of drug-likeness (QED) is 0.231. The molecule has 0 aliphatic carbocycles. The first-order valence-electron chi connectivity index (χ1n) is 16.7. The Labute approximate surface area is 286 Å². The number of ether oxygens (including phenoxy) is 2. The highest BCUT2D eigenvalue weighted by Gasteiger charge is 2.31. The van der Waals surface area contributed by atoms with Crippen molar-refractivity contribution in [2.45, 2.75) is 71.0 Å². The Morgan fingerprint density at radius 2 is 1.69 bits per heavy atom. The van der Waals surface area contributed by atoms with E-state index in [-0.39, 0.29) is 47.6 Å². The number of benzene rings is 3. The lowest BCUT2D eigenvalue weighted by atomic mass is 10.0. The fourth-order valence-electron chi connectivity index (χ4n) is 5.77. The van der Waals surface area contributed by atoms with Gasteiger partial charge in [0.15, 0.2) is 0 Å². The number of rotatable bonds is 8. The number of amides is 3. The molecule has 266 valence electrons. The number of nitrogens with one attached hydrogen (secondary N) is 2. The van der Waals surface area contributed by atoms with Gasteiger partial charge in [-0.1, -0.05) is 37.3 Å². The van der Waals surface area contributed by atoms with Gasteiger partial charge in [-0.3, -0.25) is 9.69 Å². The Bertz CT molecular complexity index is 1510. The van der Waals surface area contributed by atoms with E-state index in [1.54, 1.807) is 24.0 Å². The molecular formula is C37H47F3N4O5. The van der Waals surface area contributed by atoms with Gasteiger partial charge in [-0.15, -0.1) is 0 Å². The van der Waals surface area contributed by atoms with E-state index in [4.69, 9.17) is 9.47 Å². The molecule has 3 aromatic carbocycles. The molecule has 3 aromatic rings. The zero-order valence-corrected chi connectivity index (χ0v) is 28.5. The molecule has 4 rings (SSSR count). The summed E-state index contributed by atoms with van der Waals surface area (Å²) in [6, 6.07) is 17.8. The molecule has 0 bridgehead atoms. The third kappa shape index (κ3) is 11.2. The molecule has 12 heteroatoms. The van der Waals surface area contributed by atoms with E-state index in [1.165, 1.54) is 11.6 Å². The van der Waals surface area contributed by atoms with Crippen molar-refractivity contribution in [2.75, 3.05) is 44.0 Å². The number of hydrogen-bond acceptors (Lipinski definition) is 6. The highest BCUT2D eigenvalue weighted by molar-refractivity contribution is 6.02. The molecule has 1 heterocycles. The normalized spacial score (nSPS) is 20.1. The molecule has 1 aliphatic rings. The number of anilines is 2. The molecule has 3 N–H and O–H groups in total. The number of carbonyl (C=O) groups is 2. The Morgan fingerprint density at radius 1 is 1.02 bits per heavy atom. The molecule has 3 amide bonds. The summed E-state index contributed by atoms with van der Waals surface area (Å²) in [6.07, 6.45) is -2.45. The average Bonchev–Trinajstić information content (AvgIpc) is 3.06. The lowest BCUT2D eigenvalue weighted by Gasteiger charge is -2.36. The minimum Gasteiger partial charge on any atom is -0.490 e. The van der Waals surface area contributed by atoms with Crippen molar-refractivity contribution < 1.29 is 37.3 Å². The third-order valence-corrected chi connectivity index (χ3v) is 8.57. The molecule has 0 spiro atoms. The average molecular weight is 685 g/mol. The van der Waals surface area contributed by atoms with Crippen molar-refractivity contribution >= 4 is 23.3 Å². The zero-order valence-electron chi connectivity index (χ0n) is 28.5. The molecule has 1 aliphatic heterocycles. The van der Waals surface area contributed by atoms with Crippen LogP contribution in [-0.4, -0.2) is 78.4 Å². The largest absolute Gasteiger partial charge is 0.490 e. The number of likely N-dealkylation sites (N-methyl/N-ethyl adjacent to an activating group) is 1. The number of halogens is 3. The van der Waals surface area contributed by atoms with Crippen molar-refractivity contribution in [1.29, 1.82) is 0 Å². The zero-order chi connectivity index (χ0) is 35.6. The number of alkyl halides is 3. The van der Waals surface area contributed by atoms with Crippen molar-refractivity contribution in [3.8, 4) is 5.75 Å². The lowest BCUT2D eigenvalue weighted by molar-refractivity contribution is -0.137. The standard InChI is InChI=1S/C37H47F3N4O5/c1-25-21-44(26(2)24-45)35(46)32-20-31(42-36(47)41-30-15-13-29(14-16-30)37(38,39)40)17-18-33(32)49-27(3)10-8-9-19-48-34(25)23-43(4)22-28-11-6-5-7-12-28/h5-7,11-18,20,25-27,34,45H,8-10,19,21-24H2,1-4H3,(H2,41,42,47)/t25-,26+,27-,34-/m1/s1. The second-order valence-electron chi connectivity index (χ2n) is 12.8. The molecule has 0 radical (unpaired) electrons. The molecule has 4 atom stereocenters. The fourth-order valence-corrected chi connectivity index (χ4v) is 5.77. The van der Waals surface area contributed by atoms with Crippen LogP contribution in [0.3, 0.4) is 0 Å². The molecule has 0 fully saturated rings. The van der Waals surface area contributed by atoms with Crippen molar-refractivity contribution in [1.82, 2.24) is 9.80 Å². The van der Waals surface area contributed by atoms with Crippen LogP contribution in [0.5, 0.6) is 5.75 Å². The molecular weight excluding hydrogens is 637 g/mol. The maximum Gasteiger partial charge on any atom is 0.416 e. The lowest BCUT2D eigenvalue weighted by Crippen LogP contribution is -2.47. The van der Waals surface area contributed by atoms with Crippen LogP contribution in [0.25, 0.3) is 0 Å². The summed E-state index contributed by atoms with van der Waals surface area (Å²) in [4.78, 5) is 31.0. The summed E-state index contributed by atoms with van der Waals surface area (Å²) < 4.78 is 51.5. The highest BCUT2D eigenvalue weighted by atomic mass is 19.4. The van der Waals surface area contributed by atoms with Gasteiger partial charge in [0.05, 0.1) is 36.0 Å². The van der Waals surface area contributed by atoms with Crippen LogP contribution in [0.1, 0.15) is 61.5 Å². The van der Waals surface area contributed by atoms with Crippen molar-refractivity contribution in [3.05, 3.63) is 89.5 Å². The number of aliphatic hydroxyl groups excluding tert-OH is 1. The molecule has 49 heavy (non-hydrogen) atoms. The fraction of sp³-hybridized carbons (Fsp3) is 0.459. The highest BCUT2D eigenvalue weighted by Crippen LogP contribution is 2.31. The smallest absolute Gasteiger partial charge is 0.416 e. The van der Waals surface area contributed by atoms with Gasteiger partial charge in [0.1, 0.15) is 5.75 Å². The first-order chi connectivity index (χ1) is 23.3. The maximum absolute atomic E-state index is 14.3. The van der Waals surface area contributed by atoms with Gasteiger partial charge >= 0.3 is 12.2 Å². The Morgan fingerprint density at radius 3 is 2.37 bits per heavy atom. The first kappa shape index (κ1) is 37.7. The summed E-state index contributed by atoms with van der Waals surface area (Å²) in [5.74, 6) is -0.129. The predicted octanol–water partition coefficient (Wildman–Crippen LogP) is 7.28. The van der Waals surface area contributed by atoms with Crippen LogP contribution in [0.2, 0.25) is 0 Å². The summed E-state index contributed by atoms with van der Waals surface area (Å²) >= 11 is 0. The van der Waals surface area contributed by atoms with E-state index >= 15 is 0 Å². The minimum absolute atomic E-state index is 0.0989. The second kappa shape index (κ2) is 17.5.